The van der Waals surface area contributed by atoms with E-state index in [4.69, 9.17) is 4.74 Å². The van der Waals surface area contributed by atoms with Crippen molar-refractivity contribution in [2.24, 2.45) is 0 Å². The summed E-state index contributed by atoms with van der Waals surface area (Å²) < 4.78 is 5.07. The lowest BCUT2D eigenvalue weighted by atomic mass is 9.95. The second-order valence-corrected chi connectivity index (χ2v) is 3.58. The molecule has 0 fully saturated rings. The van der Waals surface area contributed by atoms with Crippen molar-refractivity contribution in [2.45, 2.75) is 32.2 Å². The van der Waals surface area contributed by atoms with Crippen LogP contribution in [-0.4, -0.2) is 30.2 Å². The summed E-state index contributed by atoms with van der Waals surface area (Å²) in [6.45, 7) is 4.30. The van der Waals surface area contributed by atoms with Crippen molar-refractivity contribution in [1.82, 2.24) is 15.3 Å². The van der Waals surface area contributed by atoms with Crippen LogP contribution in [0.15, 0.2) is 12.4 Å². The van der Waals surface area contributed by atoms with E-state index in [0.29, 0.717) is 17.8 Å². The molecule has 1 rings (SSSR count). The van der Waals surface area contributed by atoms with E-state index >= 15 is 0 Å². The van der Waals surface area contributed by atoms with E-state index in [1.54, 1.807) is 13.3 Å². The molecule has 4 nitrogen and oxygen atoms in total. The van der Waals surface area contributed by atoms with E-state index in [9.17, 15) is 0 Å². The summed E-state index contributed by atoms with van der Waals surface area (Å²) in [5.74, 6) is 0.951. The van der Waals surface area contributed by atoms with Gasteiger partial charge in [0.1, 0.15) is 0 Å². The molecule has 0 aromatic carbocycles. The molecule has 2 atom stereocenters. The van der Waals surface area contributed by atoms with Crippen LogP contribution >= 0.6 is 0 Å². The number of aromatic nitrogens is 2. The fourth-order valence-corrected chi connectivity index (χ4v) is 1.66. The van der Waals surface area contributed by atoms with Crippen LogP contribution in [0.3, 0.4) is 0 Å². The van der Waals surface area contributed by atoms with Gasteiger partial charge in [-0.15, -0.1) is 0 Å². The highest BCUT2D eigenvalue weighted by Gasteiger charge is 2.18. The lowest BCUT2D eigenvalue weighted by molar-refractivity contribution is 0.388. The molecular weight excluding hydrogens is 190 g/mol. The van der Waals surface area contributed by atoms with Gasteiger partial charge in [0.05, 0.1) is 19.0 Å². The molecule has 0 radical (unpaired) electrons. The van der Waals surface area contributed by atoms with Crippen LogP contribution in [0.5, 0.6) is 5.88 Å². The Bertz CT molecular complexity index is 304. The fourth-order valence-electron chi connectivity index (χ4n) is 1.66. The zero-order valence-corrected chi connectivity index (χ0v) is 9.82. The molecule has 0 saturated heterocycles. The monoisotopic (exact) mass is 209 g/mol. The lowest BCUT2D eigenvalue weighted by Crippen LogP contribution is -2.29. The van der Waals surface area contributed by atoms with Gasteiger partial charge in [0, 0.05) is 18.2 Å². The van der Waals surface area contributed by atoms with E-state index in [-0.39, 0.29) is 0 Å². The number of hydrogen-bond donors (Lipinski definition) is 1. The van der Waals surface area contributed by atoms with Crippen molar-refractivity contribution in [3.8, 4) is 5.88 Å². The molecule has 2 unspecified atom stereocenters. The maximum absolute atomic E-state index is 5.07. The molecule has 1 aromatic heterocycles. The van der Waals surface area contributed by atoms with Crippen molar-refractivity contribution in [2.75, 3.05) is 14.2 Å². The summed E-state index contributed by atoms with van der Waals surface area (Å²) in [5.41, 5.74) is 0.985. The fraction of sp³-hybridized carbons (Fsp3) is 0.636. The number of nitrogens with zero attached hydrogens (tertiary/aromatic N) is 2. The van der Waals surface area contributed by atoms with Crippen molar-refractivity contribution < 1.29 is 4.74 Å². The minimum Gasteiger partial charge on any atom is -0.480 e. The number of ether oxygens (including phenoxy) is 1. The zero-order chi connectivity index (χ0) is 11.3. The van der Waals surface area contributed by atoms with Gasteiger partial charge in [-0.1, -0.05) is 6.92 Å². The van der Waals surface area contributed by atoms with Gasteiger partial charge in [-0.05, 0) is 20.4 Å². The van der Waals surface area contributed by atoms with Crippen LogP contribution in [0.4, 0.5) is 0 Å². The average molecular weight is 209 g/mol. The van der Waals surface area contributed by atoms with Gasteiger partial charge in [-0.3, -0.25) is 4.98 Å². The van der Waals surface area contributed by atoms with Gasteiger partial charge < -0.3 is 10.1 Å². The van der Waals surface area contributed by atoms with Crippen LogP contribution < -0.4 is 10.1 Å². The molecule has 0 aliphatic rings. The Labute approximate surface area is 91.1 Å². The summed E-state index contributed by atoms with van der Waals surface area (Å²) in [5, 5.41) is 3.24. The highest BCUT2D eigenvalue weighted by Crippen LogP contribution is 2.22. The molecule has 1 heterocycles. The smallest absolute Gasteiger partial charge is 0.232 e. The molecule has 0 aliphatic carbocycles. The number of nitrogens with one attached hydrogen (secondary N) is 1. The molecule has 0 aliphatic heterocycles. The van der Waals surface area contributed by atoms with E-state index in [2.05, 4.69) is 29.1 Å². The van der Waals surface area contributed by atoms with E-state index < -0.39 is 0 Å². The Morgan fingerprint density at radius 2 is 2.20 bits per heavy atom. The lowest BCUT2D eigenvalue weighted by Gasteiger charge is -2.21. The summed E-state index contributed by atoms with van der Waals surface area (Å²) in [7, 11) is 3.57. The minimum atomic E-state index is 0.373. The van der Waals surface area contributed by atoms with Crippen LogP contribution in [-0.2, 0) is 0 Å². The van der Waals surface area contributed by atoms with Crippen molar-refractivity contribution in [3.63, 3.8) is 0 Å². The van der Waals surface area contributed by atoms with Crippen LogP contribution in [0.1, 0.15) is 31.9 Å². The first-order valence-electron chi connectivity index (χ1n) is 5.26. The molecule has 0 bridgehead atoms. The number of rotatable bonds is 5. The van der Waals surface area contributed by atoms with Crippen molar-refractivity contribution in [1.29, 1.82) is 0 Å². The molecule has 1 N–H and O–H groups in total. The molecular formula is C11H19N3O. The predicted octanol–water partition coefficient (Wildman–Crippen LogP) is 1.59. The topological polar surface area (TPSA) is 47.0 Å². The van der Waals surface area contributed by atoms with Crippen LogP contribution in [0.25, 0.3) is 0 Å². The Morgan fingerprint density at radius 1 is 1.47 bits per heavy atom. The molecule has 0 amide bonds. The van der Waals surface area contributed by atoms with Gasteiger partial charge >= 0.3 is 0 Å². The second-order valence-electron chi connectivity index (χ2n) is 3.58. The highest BCUT2D eigenvalue weighted by molar-refractivity contribution is 5.13. The summed E-state index contributed by atoms with van der Waals surface area (Å²) in [4.78, 5) is 8.53. The quantitative estimate of drug-likeness (QED) is 0.800. The van der Waals surface area contributed by atoms with E-state index in [1.807, 2.05) is 13.2 Å². The largest absolute Gasteiger partial charge is 0.480 e. The summed E-state index contributed by atoms with van der Waals surface area (Å²) in [6.07, 6.45) is 4.47. The van der Waals surface area contributed by atoms with Crippen molar-refractivity contribution >= 4 is 0 Å². The minimum absolute atomic E-state index is 0.373. The summed E-state index contributed by atoms with van der Waals surface area (Å²) in [6, 6.07) is 0.386. The summed E-state index contributed by atoms with van der Waals surface area (Å²) >= 11 is 0. The first kappa shape index (κ1) is 11.9. The third-order valence-corrected chi connectivity index (χ3v) is 2.72. The third-order valence-electron chi connectivity index (χ3n) is 2.72. The third kappa shape index (κ3) is 2.89. The molecule has 4 heteroatoms. The Morgan fingerprint density at radius 3 is 2.73 bits per heavy atom. The van der Waals surface area contributed by atoms with Crippen molar-refractivity contribution in [3.05, 3.63) is 18.1 Å². The number of hydrogen-bond acceptors (Lipinski definition) is 4. The Hall–Kier alpha value is -1.16. The van der Waals surface area contributed by atoms with Gasteiger partial charge in [0.15, 0.2) is 0 Å². The Balaban J connectivity index is 2.91. The first-order valence-corrected chi connectivity index (χ1v) is 5.26. The van der Waals surface area contributed by atoms with Gasteiger partial charge in [0.2, 0.25) is 5.88 Å². The van der Waals surface area contributed by atoms with Gasteiger partial charge in [0.25, 0.3) is 0 Å². The maximum atomic E-state index is 5.07. The normalized spacial score (nSPS) is 14.7. The predicted molar refractivity (Wildman–Crippen MR) is 60.1 cm³/mol. The van der Waals surface area contributed by atoms with Crippen LogP contribution in [0.2, 0.25) is 0 Å². The molecule has 1 aromatic rings. The first-order chi connectivity index (χ1) is 7.22. The molecule has 15 heavy (non-hydrogen) atoms. The average Bonchev–Trinajstić information content (AvgIpc) is 2.30. The second kappa shape index (κ2) is 5.66. The molecule has 84 valence electrons. The van der Waals surface area contributed by atoms with Gasteiger partial charge in [-0.2, -0.15) is 0 Å². The maximum Gasteiger partial charge on any atom is 0.232 e. The standard InChI is InChI=1S/C11H19N3O/c1-5-9(8(2)12-3)10-6-13-7-11(14-10)15-4/h6-9,12H,5H2,1-4H3. The van der Waals surface area contributed by atoms with E-state index in [1.165, 1.54) is 0 Å². The van der Waals surface area contributed by atoms with Crippen LogP contribution in [0, 0.1) is 0 Å². The number of methoxy groups -OCH3 is 1. The number of likely N-dealkylation sites (N-methyl/N-ethyl adjacent to an activating group) is 1. The molecule has 0 spiro atoms. The van der Waals surface area contributed by atoms with Gasteiger partial charge in [-0.25, -0.2) is 4.98 Å². The van der Waals surface area contributed by atoms with E-state index in [0.717, 1.165) is 12.1 Å². The SMILES string of the molecule is CCC(c1cncc(OC)n1)C(C)NC. The molecule has 0 saturated carbocycles. The highest BCUT2D eigenvalue weighted by atomic mass is 16.5. The Kier molecular flexibility index (Phi) is 4.49. The zero-order valence-electron chi connectivity index (χ0n) is 9.82.